The first-order valence-corrected chi connectivity index (χ1v) is 9.55. The molecule has 1 nitrogen and oxygen atoms in total. The van der Waals surface area contributed by atoms with E-state index in [2.05, 4.69) is 0 Å². The Balaban J connectivity index is 1.77. The molecule has 0 spiro atoms. The number of halogens is 3. The van der Waals surface area contributed by atoms with Crippen LogP contribution in [0.15, 0.2) is 89.3 Å². The number of hydrogen-bond donors (Lipinski definition) is 0. The van der Waals surface area contributed by atoms with E-state index < -0.39 is 11.7 Å². The third-order valence-corrected chi connectivity index (χ3v) is 5.98. The Morgan fingerprint density at radius 1 is 0.821 bits per heavy atom. The van der Waals surface area contributed by atoms with Crippen molar-refractivity contribution in [2.75, 3.05) is 0 Å². The molecule has 4 rings (SSSR count). The number of carbonyl (C=O) groups excluding carboxylic acids is 1. The van der Waals surface area contributed by atoms with Crippen LogP contribution in [-0.2, 0) is 6.18 Å². The van der Waals surface area contributed by atoms with Crippen molar-refractivity contribution < 1.29 is 18.0 Å². The number of benzene rings is 3. The fraction of sp³-hybridized carbons (Fsp3) is 0.0870. The van der Waals surface area contributed by atoms with E-state index in [-0.39, 0.29) is 11.0 Å². The van der Waals surface area contributed by atoms with Crippen molar-refractivity contribution in [1.82, 2.24) is 0 Å². The Bertz CT molecular complexity index is 1040. The molecule has 0 radical (unpaired) electrons. The van der Waals surface area contributed by atoms with E-state index in [1.165, 1.54) is 23.9 Å². The quantitative estimate of drug-likeness (QED) is 0.452. The van der Waals surface area contributed by atoms with Crippen molar-refractivity contribution in [3.05, 3.63) is 107 Å². The van der Waals surface area contributed by atoms with Gasteiger partial charge in [0.2, 0.25) is 0 Å². The van der Waals surface area contributed by atoms with Gasteiger partial charge < -0.3 is 0 Å². The summed E-state index contributed by atoms with van der Waals surface area (Å²) in [6.07, 6.45) is -2.53. The summed E-state index contributed by atoms with van der Waals surface area (Å²) in [6.45, 7) is 0. The lowest BCUT2D eigenvalue weighted by atomic mass is 9.93. The number of carbonyl (C=O) groups is 1. The van der Waals surface area contributed by atoms with Gasteiger partial charge in [0, 0.05) is 16.0 Å². The average molecular weight is 396 g/mol. The molecule has 1 unspecified atom stereocenters. The number of ketones is 1. The Hall–Kier alpha value is -2.79. The molecule has 1 heterocycles. The van der Waals surface area contributed by atoms with Crippen LogP contribution in [0.3, 0.4) is 0 Å². The van der Waals surface area contributed by atoms with E-state index in [1.807, 2.05) is 36.4 Å². The Morgan fingerprint density at radius 2 is 1.46 bits per heavy atom. The van der Waals surface area contributed by atoms with Gasteiger partial charge in [0.25, 0.3) is 0 Å². The molecule has 0 N–H and O–H groups in total. The van der Waals surface area contributed by atoms with Gasteiger partial charge in [0.05, 0.1) is 10.8 Å². The molecule has 1 atom stereocenters. The molecule has 3 aromatic rings. The molecular weight excluding hydrogens is 381 g/mol. The van der Waals surface area contributed by atoms with E-state index in [9.17, 15) is 18.0 Å². The number of rotatable bonds is 3. The highest BCUT2D eigenvalue weighted by molar-refractivity contribution is 8.00. The minimum absolute atomic E-state index is 0.118. The van der Waals surface area contributed by atoms with Gasteiger partial charge in [-0.3, -0.25) is 4.79 Å². The molecule has 0 bridgehead atoms. The SMILES string of the molecule is O=C(C1=Cc2ccccc2SC1c1ccc(C(F)(F)F)cc1)c1ccccc1. The van der Waals surface area contributed by atoms with E-state index in [4.69, 9.17) is 0 Å². The van der Waals surface area contributed by atoms with Crippen LogP contribution in [0.2, 0.25) is 0 Å². The summed E-state index contributed by atoms with van der Waals surface area (Å²) in [5.74, 6) is -0.118. The lowest BCUT2D eigenvalue weighted by Gasteiger charge is -2.25. The Morgan fingerprint density at radius 3 is 2.14 bits per heavy atom. The van der Waals surface area contributed by atoms with Crippen LogP contribution in [-0.4, -0.2) is 5.78 Å². The minimum atomic E-state index is -4.39. The molecule has 0 saturated carbocycles. The summed E-state index contributed by atoms with van der Waals surface area (Å²) in [7, 11) is 0. The van der Waals surface area contributed by atoms with Crippen LogP contribution in [0, 0.1) is 0 Å². The van der Waals surface area contributed by atoms with Gasteiger partial charge in [0.15, 0.2) is 5.78 Å². The smallest absolute Gasteiger partial charge is 0.289 e. The van der Waals surface area contributed by atoms with Gasteiger partial charge in [0.1, 0.15) is 0 Å². The van der Waals surface area contributed by atoms with Gasteiger partial charge >= 0.3 is 6.18 Å². The zero-order chi connectivity index (χ0) is 19.7. The van der Waals surface area contributed by atoms with Crippen LogP contribution in [0.4, 0.5) is 13.2 Å². The van der Waals surface area contributed by atoms with Crippen molar-refractivity contribution in [2.45, 2.75) is 16.3 Å². The zero-order valence-electron chi connectivity index (χ0n) is 14.6. The van der Waals surface area contributed by atoms with Gasteiger partial charge in [-0.05, 0) is 35.4 Å². The first-order chi connectivity index (χ1) is 13.4. The van der Waals surface area contributed by atoms with E-state index in [0.717, 1.165) is 22.6 Å². The molecule has 0 saturated heterocycles. The van der Waals surface area contributed by atoms with Gasteiger partial charge in [-0.2, -0.15) is 13.2 Å². The number of thioether (sulfide) groups is 1. The molecule has 0 fully saturated rings. The Labute approximate surface area is 164 Å². The van der Waals surface area contributed by atoms with Crippen molar-refractivity contribution in [3.63, 3.8) is 0 Å². The largest absolute Gasteiger partial charge is 0.416 e. The molecule has 1 aliphatic heterocycles. The van der Waals surface area contributed by atoms with Gasteiger partial charge in [-0.1, -0.05) is 60.7 Å². The normalized spacial score (nSPS) is 16.2. The first-order valence-electron chi connectivity index (χ1n) is 8.67. The van der Waals surface area contributed by atoms with Crippen molar-refractivity contribution >= 4 is 23.6 Å². The standard InChI is InChI=1S/C23H15F3OS/c24-23(25,26)18-12-10-16(11-13-18)22-19(21(27)15-6-2-1-3-7-15)14-17-8-4-5-9-20(17)28-22/h1-14,22H. The maximum atomic E-state index is 13.2. The summed E-state index contributed by atoms with van der Waals surface area (Å²) in [6, 6.07) is 21.7. The fourth-order valence-corrected chi connectivity index (χ4v) is 4.45. The van der Waals surface area contributed by atoms with E-state index in [0.29, 0.717) is 16.7 Å². The lowest BCUT2D eigenvalue weighted by Crippen LogP contribution is -2.13. The molecule has 1 aliphatic rings. The zero-order valence-corrected chi connectivity index (χ0v) is 15.4. The van der Waals surface area contributed by atoms with E-state index >= 15 is 0 Å². The topological polar surface area (TPSA) is 17.1 Å². The summed E-state index contributed by atoms with van der Waals surface area (Å²) in [4.78, 5) is 14.2. The number of alkyl halides is 3. The fourth-order valence-electron chi connectivity index (χ4n) is 3.18. The average Bonchev–Trinajstić information content (AvgIpc) is 2.72. The Kier molecular flexibility index (Phi) is 4.85. The molecule has 0 aromatic heterocycles. The second kappa shape index (κ2) is 7.32. The maximum Gasteiger partial charge on any atom is 0.416 e. The van der Waals surface area contributed by atoms with Crippen LogP contribution in [0.5, 0.6) is 0 Å². The summed E-state index contributed by atoms with van der Waals surface area (Å²) in [5, 5.41) is -0.370. The third-order valence-electron chi connectivity index (χ3n) is 4.60. The minimum Gasteiger partial charge on any atom is -0.289 e. The molecule has 28 heavy (non-hydrogen) atoms. The van der Waals surface area contributed by atoms with Crippen LogP contribution in [0.25, 0.3) is 6.08 Å². The monoisotopic (exact) mass is 396 g/mol. The van der Waals surface area contributed by atoms with E-state index in [1.54, 1.807) is 24.3 Å². The van der Waals surface area contributed by atoms with Crippen LogP contribution < -0.4 is 0 Å². The van der Waals surface area contributed by atoms with Crippen LogP contribution >= 0.6 is 11.8 Å². The summed E-state index contributed by atoms with van der Waals surface area (Å²) >= 11 is 1.48. The highest BCUT2D eigenvalue weighted by Gasteiger charge is 2.32. The number of hydrogen-bond acceptors (Lipinski definition) is 2. The lowest BCUT2D eigenvalue weighted by molar-refractivity contribution is -0.137. The maximum absolute atomic E-state index is 13.2. The van der Waals surface area contributed by atoms with Crippen LogP contribution in [0.1, 0.15) is 32.3 Å². The molecule has 0 amide bonds. The molecule has 3 aromatic carbocycles. The third kappa shape index (κ3) is 3.62. The number of Topliss-reactive ketones (excluding diaryl/α,β-unsaturated/α-hetero) is 1. The highest BCUT2D eigenvalue weighted by Crippen LogP contribution is 2.48. The van der Waals surface area contributed by atoms with Gasteiger partial charge in [-0.15, -0.1) is 11.8 Å². The van der Waals surface area contributed by atoms with Crippen molar-refractivity contribution in [1.29, 1.82) is 0 Å². The second-order valence-corrected chi connectivity index (χ2v) is 7.60. The molecule has 0 aliphatic carbocycles. The number of fused-ring (bicyclic) bond motifs is 1. The highest BCUT2D eigenvalue weighted by atomic mass is 32.2. The summed E-state index contributed by atoms with van der Waals surface area (Å²) in [5.41, 5.74) is 2.04. The molecular formula is C23H15F3OS. The second-order valence-electron chi connectivity index (χ2n) is 6.45. The first kappa shape index (κ1) is 18.6. The van der Waals surface area contributed by atoms with Gasteiger partial charge in [-0.25, -0.2) is 0 Å². The van der Waals surface area contributed by atoms with Crippen molar-refractivity contribution in [2.24, 2.45) is 0 Å². The molecule has 5 heteroatoms. The predicted molar refractivity (Wildman–Crippen MR) is 105 cm³/mol. The summed E-state index contributed by atoms with van der Waals surface area (Å²) < 4.78 is 38.7. The molecule has 140 valence electrons. The van der Waals surface area contributed by atoms with Crippen molar-refractivity contribution in [3.8, 4) is 0 Å². The predicted octanol–water partition coefficient (Wildman–Crippen LogP) is 6.82.